The zero-order valence-electron chi connectivity index (χ0n) is 10.3. The summed E-state index contributed by atoms with van der Waals surface area (Å²) in [4.78, 5) is 22.7. The molecule has 0 aliphatic rings. The van der Waals surface area contributed by atoms with E-state index in [4.69, 9.17) is 5.73 Å². The number of nitrogens with one attached hydrogen (secondary N) is 1. The lowest BCUT2D eigenvalue weighted by atomic mass is 9.81. The van der Waals surface area contributed by atoms with E-state index in [2.05, 4.69) is 10.1 Å². The highest BCUT2D eigenvalue weighted by Crippen LogP contribution is 2.24. The number of esters is 1. The lowest BCUT2D eigenvalue weighted by Gasteiger charge is -2.28. The van der Waals surface area contributed by atoms with E-state index in [0.717, 1.165) is 0 Å². The summed E-state index contributed by atoms with van der Waals surface area (Å²) in [6.07, 6.45) is 1.59. The van der Waals surface area contributed by atoms with E-state index in [-0.39, 0.29) is 18.3 Å². The van der Waals surface area contributed by atoms with E-state index in [0.29, 0.717) is 25.9 Å². The van der Waals surface area contributed by atoms with Gasteiger partial charge in [-0.25, -0.2) is 0 Å². The molecule has 0 aliphatic heterocycles. The van der Waals surface area contributed by atoms with Crippen molar-refractivity contribution < 1.29 is 14.3 Å². The van der Waals surface area contributed by atoms with Gasteiger partial charge in [0.25, 0.3) is 0 Å². The minimum Gasteiger partial charge on any atom is -0.469 e. The van der Waals surface area contributed by atoms with Crippen LogP contribution in [0.5, 0.6) is 0 Å². The average Bonchev–Trinajstić information content (AvgIpc) is 2.31. The molecule has 0 atom stereocenters. The molecule has 0 spiro atoms. The van der Waals surface area contributed by atoms with Crippen molar-refractivity contribution in [2.45, 2.75) is 33.1 Å². The van der Waals surface area contributed by atoms with E-state index >= 15 is 0 Å². The second-order valence-corrected chi connectivity index (χ2v) is 3.77. The Labute approximate surface area is 96.7 Å². The van der Waals surface area contributed by atoms with Gasteiger partial charge in [-0.2, -0.15) is 0 Å². The molecule has 0 aliphatic carbocycles. The number of carbonyl (C=O) groups is 2. The Balaban J connectivity index is 4.17. The fourth-order valence-corrected chi connectivity index (χ4v) is 1.52. The summed E-state index contributed by atoms with van der Waals surface area (Å²) in [5.41, 5.74) is 5.13. The Bertz CT molecular complexity index is 229. The highest BCUT2D eigenvalue weighted by atomic mass is 16.5. The number of carbonyl (C=O) groups excluding carboxylic acids is 2. The van der Waals surface area contributed by atoms with Crippen LogP contribution >= 0.6 is 0 Å². The summed E-state index contributed by atoms with van der Waals surface area (Å²) in [6.45, 7) is 4.50. The third-order valence-electron chi connectivity index (χ3n) is 3.07. The van der Waals surface area contributed by atoms with Crippen molar-refractivity contribution in [3.8, 4) is 0 Å². The average molecular weight is 230 g/mol. The smallest absolute Gasteiger partial charge is 0.307 e. The summed E-state index contributed by atoms with van der Waals surface area (Å²) in [6, 6.07) is 0. The summed E-state index contributed by atoms with van der Waals surface area (Å²) in [7, 11) is 1.33. The van der Waals surface area contributed by atoms with Gasteiger partial charge in [-0.3, -0.25) is 9.59 Å². The zero-order chi connectivity index (χ0) is 12.6. The van der Waals surface area contributed by atoms with Gasteiger partial charge in [0.15, 0.2) is 0 Å². The molecule has 0 fully saturated rings. The number of methoxy groups -OCH3 is 1. The largest absolute Gasteiger partial charge is 0.469 e. The molecule has 94 valence electrons. The van der Waals surface area contributed by atoms with Crippen LogP contribution in [0.4, 0.5) is 0 Å². The van der Waals surface area contributed by atoms with Gasteiger partial charge in [0.05, 0.1) is 18.9 Å². The molecule has 0 bridgehead atoms. The van der Waals surface area contributed by atoms with Crippen LogP contribution in [-0.4, -0.2) is 32.1 Å². The first-order valence-electron chi connectivity index (χ1n) is 5.61. The van der Waals surface area contributed by atoms with Gasteiger partial charge in [0.1, 0.15) is 0 Å². The molecule has 3 N–H and O–H groups in total. The Morgan fingerprint density at radius 2 is 1.88 bits per heavy atom. The topological polar surface area (TPSA) is 81.4 Å². The third-order valence-corrected chi connectivity index (χ3v) is 3.07. The van der Waals surface area contributed by atoms with Crippen molar-refractivity contribution in [1.82, 2.24) is 5.32 Å². The fourth-order valence-electron chi connectivity index (χ4n) is 1.52. The molecule has 0 saturated heterocycles. The number of hydrogen-bond acceptors (Lipinski definition) is 4. The first kappa shape index (κ1) is 14.9. The van der Waals surface area contributed by atoms with Crippen LogP contribution < -0.4 is 11.1 Å². The minimum absolute atomic E-state index is 0.0797. The predicted octanol–water partition coefficient (Wildman–Crippen LogP) is 0.431. The number of ether oxygens (including phenoxy) is 1. The highest BCUT2D eigenvalue weighted by molar-refractivity contribution is 5.83. The minimum atomic E-state index is -0.504. The molecular formula is C11H22N2O3. The molecule has 5 nitrogen and oxygen atoms in total. The van der Waals surface area contributed by atoms with Crippen molar-refractivity contribution in [3.05, 3.63) is 0 Å². The van der Waals surface area contributed by atoms with Gasteiger partial charge in [-0.1, -0.05) is 13.8 Å². The van der Waals surface area contributed by atoms with Crippen LogP contribution in [0.15, 0.2) is 0 Å². The van der Waals surface area contributed by atoms with Gasteiger partial charge < -0.3 is 15.8 Å². The molecule has 5 heteroatoms. The van der Waals surface area contributed by atoms with Crippen molar-refractivity contribution in [3.63, 3.8) is 0 Å². The van der Waals surface area contributed by atoms with E-state index in [1.165, 1.54) is 7.11 Å². The molecule has 0 heterocycles. The fraction of sp³-hybridized carbons (Fsp3) is 0.818. The van der Waals surface area contributed by atoms with Crippen LogP contribution in [0.3, 0.4) is 0 Å². The molecule has 1 amide bonds. The Kier molecular flexibility index (Phi) is 6.72. The quantitative estimate of drug-likeness (QED) is 0.621. The van der Waals surface area contributed by atoms with Crippen LogP contribution in [0.1, 0.15) is 33.1 Å². The van der Waals surface area contributed by atoms with Crippen LogP contribution in [0.25, 0.3) is 0 Å². The SMILES string of the molecule is CCC(CC)(CN)C(=O)NCCC(=O)OC. The molecule has 0 aromatic rings. The maximum Gasteiger partial charge on any atom is 0.307 e. The molecule has 0 unspecified atom stereocenters. The lowest BCUT2D eigenvalue weighted by molar-refractivity contribution is -0.140. The van der Waals surface area contributed by atoms with Crippen LogP contribution in [0, 0.1) is 5.41 Å². The maximum absolute atomic E-state index is 11.9. The van der Waals surface area contributed by atoms with Gasteiger partial charge in [0, 0.05) is 13.1 Å². The van der Waals surface area contributed by atoms with Crippen molar-refractivity contribution in [2.24, 2.45) is 11.1 Å². The second kappa shape index (κ2) is 7.22. The standard InChI is InChI=1S/C11H22N2O3/c1-4-11(5-2,8-12)10(15)13-7-6-9(14)16-3/h4-8,12H2,1-3H3,(H,13,15). The Hall–Kier alpha value is -1.10. The van der Waals surface area contributed by atoms with Gasteiger partial charge in [-0.05, 0) is 12.8 Å². The Morgan fingerprint density at radius 1 is 1.31 bits per heavy atom. The van der Waals surface area contributed by atoms with Gasteiger partial charge >= 0.3 is 5.97 Å². The summed E-state index contributed by atoms with van der Waals surface area (Å²) in [5, 5.41) is 2.72. The molecule has 16 heavy (non-hydrogen) atoms. The van der Waals surface area contributed by atoms with E-state index in [1.54, 1.807) is 0 Å². The predicted molar refractivity (Wildman–Crippen MR) is 61.7 cm³/mol. The summed E-state index contributed by atoms with van der Waals surface area (Å²) in [5.74, 6) is -0.407. The lowest BCUT2D eigenvalue weighted by Crippen LogP contribution is -2.45. The summed E-state index contributed by atoms with van der Waals surface area (Å²) >= 11 is 0. The molecule has 0 saturated carbocycles. The second-order valence-electron chi connectivity index (χ2n) is 3.77. The van der Waals surface area contributed by atoms with Crippen LogP contribution in [0.2, 0.25) is 0 Å². The van der Waals surface area contributed by atoms with Crippen molar-refractivity contribution >= 4 is 11.9 Å². The number of nitrogens with two attached hydrogens (primary N) is 1. The van der Waals surface area contributed by atoms with E-state index in [9.17, 15) is 9.59 Å². The molecule has 0 aromatic heterocycles. The summed E-state index contributed by atoms with van der Waals surface area (Å²) < 4.78 is 4.48. The molecule has 0 aromatic carbocycles. The number of hydrogen-bond donors (Lipinski definition) is 2. The maximum atomic E-state index is 11.9. The first-order valence-corrected chi connectivity index (χ1v) is 5.61. The number of rotatable bonds is 7. The van der Waals surface area contributed by atoms with Crippen LogP contribution in [-0.2, 0) is 14.3 Å². The highest BCUT2D eigenvalue weighted by Gasteiger charge is 2.32. The normalized spacial score (nSPS) is 11.0. The monoisotopic (exact) mass is 230 g/mol. The molecular weight excluding hydrogens is 208 g/mol. The third kappa shape index (κ3) is 3.81. The molecule has 0 radical (unpaired) electrons. The Morgan fingerprint density at radius 3 is 2.25 bits per heavy atom. The van der Waals surface area contributed by atoms with Crippen molar-refractivity contribution in [2.75, 3.05) is 20.2 Å². The molecule has 0 rings (SSSR count). The van der Waals surface area contributed by atoms with Crippen molar-refractivity contribution in [1.29, 1.82) is 0 Å². The number of amides is 1. The van der Waals surface area contributed by atoms with E-state index in [1.807, 2.05) is 13.8 Å². The first-order chi connectivity index (χ1) is 7.56. The van der Waals surface area contributed by atoms with E-state index < -0.39 is 5.41 Å². The van der Waals surface area contributed by atoms with Gasteiger partial charge in [0.2, 0.25) is 5.91 Å². The van der Waals surface area contributed by atoms with Gasteiger partial charge in [-0.15, -0.1) is 0 Å². The zero-order valence-corrected chi connectivity index (χ0v) is 10.3.